The summed E-state index contributed by atoms with van der Waals surface area (Å²) in [5, 5.41) is 0. The van der Waals surface area contributed by atoms with Gasteiger partial charge in [0.2, 0.25) is 0 Å². The Morgan fingerprint density at radius 1 is 1.58 bits per heavy atom. The van der Waals surface area contributed by atoms with Crippen molar-refractivity contribution in [2.45, 2.75) is 6.42 Å². The first-order valence-electron chi connectivity index (χ1n) is 3.46. The predicted molar refractivity (Wildman–Crippen MR) is 44.1 cm³/mol. The Morgan fingerprint density at radius 2 is 2.33 bits per heavy atom. The van der Waals surface area contributed by atoms with Gasteiger partial charge in [-0.2, -0.15) is 0 Å². The molecule has 0 heterocycles. The first-order valence-corrected chi connectivity index (χ1v) is 3.46. The van der Waals surface area contributed by atoms with Crippen molar-refractivity contribution in [2.24, 2.45) is 0 Å². The standard InChI is InChI=1S/C10H7FO/c1-2-8-7-10(11)4-3-9(8)5-6-12/h1,3-4,6-7H,5H2. The summed E-state index contributed by atoms with van der Waals surface area (Å²) >= 11 is 0. The van der Waals surface area contributed by atoms with Crippen LogP contribution in [0.2, 0.25) is 0 Å². The van der Waals surface area contributed by atoms with Gasteiger partial charge in [0.25, 0.3) is 0 Å². The van der Waals surface area contributed by atoms with Gasteiger partial charge in [-0.3, -0.25) is 0 Å². The Labute approximate surface area is 70.2 Å². The molecule has 0 saturated heterocycles. The summed E-state index contributed by atoms with van der Waals surface area (Å²) in [7, 11) is 0. The van der Waals surface area contributed by atoms with Crippen molar-refractivity contribution in [2.75, 3.05) is 0 Å². The Bertz CT molecular complexity index is 336. The summed E-state index contributed by atoms with van der Waals surface area (Å²) in [4.78, 5) is 10.2. The van der Waals surface area contributed by atoms with Crippen LogP contribution in [-0.2, 0) is 11.2 Å². The van der Waals surface area contributed by atoms with E-state index in [0.29, 0.717) is 11.1 Å². The molecule has 0 amide bonds. The molecular weight excluding hydrogens is 155 g/mol. The Hall–Kier alpha value is -1.62. The zero-order valence-electron chi connectivity index (χ0n) is 6.38. The number of hydrogen-bond acceptors (Lipinski definition) is 1. The zero-order chi connectivity index (χ0) is 8.97. The van der Waals surface area contributed by atoms with E-state index in [4.69, 9.17) is 6.42 Å². The fourth-order valence-corrected chi connectivity index (χ4v) is 0.951. The van der Waals surface area contributed by atoms with Crippen molar-refractivity contribution in [3.05, 3.63) is 35.1 Å². The second-order valence-corrected chi connectivity index (χ2v) is 2.32. The summed E-state index contributed by atoms with van der Waals surface area (Å²) < 4.78 is 12.6. The number of benzene rings is 1. The molecule has 0 spiro atoms. The largest absolute Gasteiger partial charge is 0.303 e. The van der Waals surface area contributed by atoms with Gasteiger partial charge >= 0.3 is 0 Å². The van der Waals surface area contributed by atoms with Gasteiger partial charge in [-0.1, -0.05) is 12.0 Å². The van der Waals surface area contributed by atoms with E-state index in [1.165, 1.54) is 18.2 Å². The number of rotatable bonds is 2. The molecule has 1 nitrogen and oxygen atoms in total. The minimum absolute atomic E-state index is 0.236. The highest BCUT2D eigenvalue weighted by molar-refractivity contribution is 5.58. The molecule has 0 aliphatic rings. The summed E-state index contributed by atoms with van der Waals surface area (Å²) in [6.45, 7) is 0. The summed E-state index contributed by atoms with van der Waals surface area (Å²) in [5.74, 6) is 1.95. The van der Waals surface area contributed by atoms with Gasteiger partial charge in [0.15, 0.2) is 0 Å². The van der Waals surface area contributed by atoms with Gasteiger partial charge in [-0.15, -0.1) is 6.42 Å². The van der Waals surface area contributed by atoms with Crippen LogP contribution in [0, 0.1) is 18.2 Å². The third kappa shape index (κ3) is 1.70. The second-order valence-electron chi connectivity index (χ2n) is 2.32. The first-order chi connectivity index (χ1) is 5.77. The van der Waals surface area contributed by atoms with Crippen LogP contribution in [0.5, 0.6) is 0 Å². The van der Waals surface area contributed by atoms with Crippen LogP contribution < -0.4 is 0 Å². The molecule has 1 rings (SSSR count). The number of carbonyl (C=O) groups is 1. The van der Waals surface area contributed by atoms with Gasteiger partial charge in [-0.25, -0.2) is 4.39 Å². The van der Waals surface area contributed by atoms with Crippen LogP contribution >= 0.6 is 0 Å². The number of aldehydes is 1. The van der Waals surface area contributed by atoms with Crippen LogP contribution in [0.4, 0.5) is 4.39 Å². The Balaban J connectivity index is 3.12. The van der Waals surface area contributed by atoms with E-state index >= 15 is 0 Å². The Morgan fingerprint density at radius 3 is 2.92 bits per heavy atom. The third-order valence-corrected chi connectivity index (χ3v) is 1.53. The van der Waals surface area contributed by atoms with Crippen molar-refractivity contribution in [3.8, 4) is 12.3 Å². The highest BCUT2D eigenvalue weighted by Gasteiger charge is 2.00. The molecule has 0 aliphatic heterocycles. The minimum atomic E-state index is -0.377. The van der Waals surface area contributed by atoms with E-state index in [-0.39, 0.29) is 12.2 Å². The second kappa shape index (κ2) is 3.68. The molecule has 0 N–H and O–H groups in total. The molecule has 1 aromatic carbocycles. The van der Waals surface area contributed by atoms with Crippen molar-refractivity contribution >= 4 is 6.29 Å². The van der Waals surface area contributed by atoms with Crippen LogP contribution in [-0.4, -0.2) is 6.29 Å². The molecule has 60 valence electrons. The molecule has 0 fully saturated rings. The maximum atomic E-state index is 12.6. The molecule has 0 aliphatic carbocycles. The van der Waals surface area contributed by atoms with Crippen LogP contribution in [0.1, 0.15) is 11.1 Å². The molecule has 0 atom stereocenters. The normalized spacial score (nSPS) is 9.00. The molecule has 0 aromatic heterocycles. The fourth-order valence-electron chi connectivity index (χ4n) is 0.951. The van der Waals surface area contributed by atoms with E-state index in [1.807, 2.05) is 0 Å². The number of carbonyl (C=O) groups excluding carboxylic acids is 1. The molecule has 12 heavy (non-hydrogen) atoms. The van der Waals surface area contributed by atoms with Crippen molar-refractivity contribution in [1.29, 1.82) is 0 Å². The molecular formula is C10H7FO. The Kier molecular flexibility index (Phi) is 2.60. The van der Waals surface area contributed by atoms with Crippen LogP contribution in [0.3, 0.4) is 0 Å². The summed E-state index contributed by atoms with van der Waals surface area (Å²) in [6.07, 6.45) is 6.10. The lowest BCUT2D eigenvalue weighted by atomic mass is 10.1. The average molecular weight is 162 g/mol. The van der Waals surface area contributed by atoms with E-state index in [1.54, 1.807) is 0 Å². The monoisotopic (exact) mass is 162 g/mol. The van der Waals surface area contributed by atoms with Crippen LogP contribution in [0.25, 0.3) is 0 Å². The lowest BCUT2D eigenvalue weighted by Crippen LogP contribution is -1.91. The predicted octanol–water partition coefficient (Wildman–Crippen LogP) is 1.55. The van der Waals surface area contributed by atoms with Gasteiger partial charge < -0.3 is 4.79 Å². The number of hydrogen-bond donors (Lipinski definition) is 0. The van der Waals surface area contributed by atoms with Crippen LogP contribution in [0.15, 0.2) is 18.2 Å². The average Bonchev–Trinajstić information content (AvgIpc) is 2.08. The topological polar surface area (TPSA) is 17.1 Å². The van der Waals surface area contributed by atoms with E-state index in [0.717, 1.165) is 6.29 Å². The summed E-state index contributed by atoms with van der Waals surface area (Å²) in [6, 6.07) is 4.07. The molecule has 1 aromatic rings. The molecule has 0 bridgehead atoms. The number of halogens is 1. The van der Waals surface area contributed by atoms with E-state index < -0.39 is 0 Å². The third-order valence-electron chi connectivity index (χ3n) is 1.53. The highest BCUT2D eigenvalue weighted by Crippen LogP contribution is 2.09. The van der Waals surface area contributed by atoms with E-state index in [9.17, 15) is 9.18 Å². The minimum Gasteiger partial charge on any atom is -0.303 e. The van der Waals surface area contributed by atoms with Gasteiger partial charge in [-0.05, 0) is 17.7 Å². The SMILES string of the molecule is C#Cc1cc(F)ccc1CC=O. The molecule has 0 saturated carbocycles. The molecule has 0 radical (unpaired) electrons. The highest BCUT2D eigenvalue weighted by atomic mass is 19.1. The number of terminal acetylenes is 1. The molecule has 2 heteroatoms. The lowest BCUT2D eigenvalue weighted by molar-refractivity contribution is -0.107. The maximum Gasteiger partial charge on any atom is 0.124 e. The zero-order valence-corrected chi connectivity index (χ0v) is 6.38. The van der Waals surface area contributed by atoms with Crippen molar-refractivity contribution < 1.29 is 9.18 Å². The first kappa shape index (κ1) is 8.48. The quantitative estimate of drug-likeness (QED) is 0.476. The maximum absolute atomic E-state index is 12.6. The fraction of sp³-hybridized carbons (Fsp3) is 0.100. The van der Waals surface area contributed by atoms with Gasteiger partial charge in [0.1, 0.15) is 12.1 Å². The van der Waals surface area contributed by atoms with Crippen molar-refractivity contribution in [1.82, 2.24) is 0 Å². The molecule has 0 unspecified atom stereocenters. The lowest BCUT2D eigenvalue weighted by Gasteiger charge is -1.99. The van der Waals surface area contributed by atoms with Gasteiger partial charge in [0.05, 0.1) is 0 Å². The smallest absolute Gasteiger partial charge is 0.124 e. The summed E-state index contributed by atoms with van der Waals surface area (Å²) in [5.41, 5.74) is 1.14. The van der Waals surface area contributed by atoms with E-state index in [2.05, 4.69) is 5.92 Å². The van der Waals surface area contributed by atoms with Crippen molar-refractivity contribution in [3.63, 3.8) is 0 Å². The van der Waals surface area contributed by atoms with Gasteiger partial charge in [0, 0.05) is 12.0 Å².